The van der Waals surface area contributed by atoms with Gasteiger partial charge in [-0.15, -0.1) is 12.4 Å². The molecule has 2 aliphatic rings. The highest BCUT2D eigenvalue weighted by atomic mass is 35.5. The molecule has 0 aromatic heterocycles. The minimum atomic E-state index is -0.0330. The third kappa shape index (κ3) is 7.82. The Morgan fingerprint density at radius 2 is 1.93 bits per heavy atom. The van der Waals surface area contributed by atoms with Crippen LogP contribution >= 0.6 is 12.4 Å². The maximum absolute atomic E-state index is 12.2. The monoisotopic (exact) mass is 438 g/mol. The zero-order valence-electron chi connectivity index (χ0n) is 18.1. The maximum atomic E-state index is 12.2. The Hall–Kier alpha value is -1.76. The van der Waals surface area contributed by atoms with Crippen molar-refractivity contribution in [2.45, 2.75) is 38.6 Å². The molecule has 0 radical (unpaired) electrons. The number of nitrogens with zero attached hydrogens (tertiary/aromatic N) is 1. The van der Waals surface area contributed by atoms with E-state index in [0.29, 0.717) is 18.4 Å². The van der Waals surface area contributed by atoms with Gasteiger partial charge in [0, 0.05) is 31.8 Å². The second-order valence-electron chi connectivity index (χ2n) is 8.01. The van der Waals surface area contributed by atoms with Crippen LogP contribution in [-0.4, -0.2) is 63.4 Å². The van der Waals surface area contributed by atoms with E-state index in [2.05, 4.69) is 17.1 Å². The fourth-order valence-corrected chi connectivity index (χ4v) is 3.84. The molecule has 0 bridgehead atoms. The van der Waals surface area contributed by atoms with Gasteiger partial charge in [-0.2, -0.15) is 0 Å². The number of methoxy groups -OCH3 is 1. The maximum Gasteiger partial charge on any atom is 0.244 e. The van der Waals surface area contributed by atoms with Crippen LogP contribution in [0.25, 0.3) is 6.08 Å². The summed E-state index contributed by atoms with van der Waals surface area (Å²) in [5.74, 6) is 2.14. The van der Waals surface area contributed by atoms with E-state index in [0.717, 1.165) is 62.9 Å². The molecule has 1 saturated carbocycles. The molecule has 1 aliphatic carbocycles. The van der Waals surface area contributed by atoms with Gasteiger partial charge in [-0.3, -0.25) is 9.69 Å². The van der Waals surface area contributed by atoms with E-state index in [1.54, 1.807) is 13.2 Å². The van der Waals surface area contributed by atoms with E-state index in [-0.39, 0.29) is 18.3 Å². The van der Waals surface area contributed by atoms with Gasteiger partial charge in [0.25, 0.3) is 0 Å². The Kier molecular flexibility index (Phi) is 10.5. The second-order valence-corrected chi connectivity index (χ2v) is 8.01. The molecule has 1 saturated heterocycles. The van der Waals surface area contributed by atoms with Crippen LogP contribution in [0.2, 0.25) is 0 Å². The van der Waals surface area contributed by atoms with Crippen LogP contribution in [0.3, 0.4) is 0 Å². The Morgan fingerprint density at radius 3 is 2.63 bits per heavy atom. The van der Waals surface area contributed by atoms with Gasteiger partial charge in [0.1, 0.15) is 6.61 Å². The summed E-state index contributed by atoms with van der Waals surface area (Å²) in [7, 11) is 1.63. The van der Waals surface area contributed by atoms with Crippen molar-refractivity contribution >= 4 is 24.4 Å². The van der Waals surface area contributed by atoms with Crippen molar-refractivity contribution in [3.05, 3.63) is 29.8 Å². The van der Waals surface area contributed by atoms with Crippen LogP contribution in [-0.2, 0) is 9.53 Å². The smallest absolute Gasteiger partial charge is 0.244 e. The molecule has 1 heterocycles. The number of benzene rings is 1. The Labute approximate surface area is 186 Å². The van der Waals surface area contributed by atoms with Gasteiger partial charge in [0.2, 0.25) is 5.91 Å². The largest absolute Gasteiger partial charge is 0.493 e. The molecule has 1 aliphatic heterocycles. The van der Waals surface area contributed by atoms with Crippen molar-refractivity contribution in [2.75, 3.05) is 46.6 Å². The summed E-state index contributed by atoms with van der Waals surface area (Å²) in [4.78, 5) is 14.5. The minimum Gasteiger partial charge on any atom is -0.493 e. The van der Waals surface area contributed by atoms with Crippen molar-refractivity contribution < 1.29 is 19.0 Å². The average Bonchev–Trinajstić information content (AvgIpc) is 2.75. The van der Waals surface area contributed by atoms with Gasteiger partial charge in [0.05, 0.1) is 20.3 Å². The highest BCUT2D eigenvalue weighted by molar-refractivity contribution is 5.92. The summed E-state index contributed by atoms with van der Waals surface area (Å²) >= 11 is 0. The standard InChI is InChI=1S/C23H34N2O4.ClH/c1-18-3-7-20(8-4-18)24-23(26)10-6-19-5-9-21(22(17-19)27-2)29-16-13-25-11-14-28-15-12-25;/h5-6,9-10,17-18,20H,3-4,7-8,11-16H2,1-2H3,(H,24,26);1H/b10-6+;/t18-,20-;. The molecule has 1 amide bonds. The van der Waals surface area contributed by atoms with Crippen LogP contribution in [0.15, 0.2) is 24.3 Å². The van der Waals surface area contributed by atoms with Crippen molar-refractivity contribution in [3.8, 4) is 11.5 Å². The molecule has 0 atom stereocenters. The molecule has 6 nitrogen and oxygen atoms in total. The molecule has 0 unspecified atom stereocenters. The second kappa shape index (κ2) is 12.8. The summed E-state index contributed by atoms with van der Waals surface area (Å²) < 4.78 is 16.7. The van der Waals surface area contributed by atoms with E-state index in [1.165, 1.54) is 12.8 Å². The molecule has 168 valence electrons. The predicted molar refractivity (Wildman–Crippen MR) is 122 cm³/mol. The van der Waals surface area contributed by atoms with Gasteiger partial charge in [0.15, 0.2) is 11.5 Å². The van der Waals surface area contributed by atoms with Gasteiger partial charge < -0.3 is 19.5 Å². The first kappa shape index (κ1) is 24.5. The molecule has 30 heavy (non-hydrogen) atoms. The lowest BCUT2D eigenvalue weighted by atomic mass is 9.87. The fraction of sp³-hybridized carbons (Fsp3) is 0.609. The number of rotatable bonds is 8. The summed E-state index contributed by atoms with van der Waals surface area (Å²) in [6.07, 6.45) is 7.96. The number of hydrogen-bond donors (Lipinski definition) is 1. The minimum absolute atomic E-state index is 0. The molecular weight excluding hydrogens is 404 g/mol. The molecule has 2 fully saturated rings. The molecule has 0 spiro atoms. The first-order valence-corrected chi connectivity index (χ1v) is 10.7. The zero-order valence-corrected chi connectivity index (χ0v) is 18.9. The van der Waals surface area contributed by atoms with Gasteiger partial charge >= 0.3 is 0 Å². The van der Waals surface area contributed by atoms with Crippen LogP contribution in [0.1, 0.15) is 38.2 Å². The lowest BCUT2D eigenvalue weighted by Gasteiger charge is -2.26. The number of carbonyl (C=O) groups excluding carboxylic acids is 1. The topological polar surface area (TPSA) is 60.0 Å². The number of hydrogen-bond acceptors (Lipinski definition) is 5. The number of carbonyl (C=O) groups is 1. The van der Waals surface area contributed by atoms with E-state index in [1.807, 2.05) is 24.3 Å². The number of halogens is 1. The van der Waals surface area contributed by atoms with Gasteiger partial charge in [-0.25, -0.2) is 0 Å². The van der Waals surface area contributed by atoms with Crippen LogP contribution in [0, 0.1) is 5.92 Å². The van der Waals surface area contributed by atoms with Crippen LogP contribution in [0.5, 0.6) is 11.5 Å². The Morgan fingerprint density at radius 1 is 1.20 bits per heavy atom. The normalized spacial score (nSPS) is 22.3. The molecule has 1 aromatic carbocycles. The molecule has 1 N–H and O–H groups in total. The molecule has 1 aromatic rings. The van der Waals surface area contributed by atoms with Crippen molar-refractivity contribution in [1.82, 2.24) is 10.2 Å². The Balaban J connectivity index is 0.00000320. The van der Waals surface area contributed by atoms with Crippen molar-refractivity contribution in [2.24, 2.45) is 5.92 Å². The first-order chi connectivity index (χ1) is 14.1. The van der Waals surface area contributed by atoms with E-state index >= 15 is 0 Å². The first-order valence-electron chi connectivity index (χ1n) is 10.7. The highest BCUT2D eigenvalue weighted by Gasteiger charge is 2.18. The quantitative estimate of drug-likeness (QED) is 0.629. The molecular formula is C23H35ClN2O4. The Bertz CT molecular complexity index is 684. The van der Waals surface area contributed by atoms with Crippen molar-refractivity contribution in [3.63, 3.8) is 0 Å². The predicted octanol–water partition coefficient (Wildman–Crippen LogP) is 3.54. The third-order valence-electron chi connectivity index (χ3n) is 5.75. The summed E-state index contributed by atoms with van der Waals surface area (Å²) in [5.41, 5.74) is 0.912. The zero-order chi connectivity index (χ0) is 20.5. The molecule has 7 heteroatoms. The summed E-state index contributed by atoms with van der Waals surface area (Å²) in [6.45, 7) is 7.23. The van der Waals surface area contributed by atoms with Crippen molar-refractivity contribution in [1.29, 1.82) is 0 Å². The van der Waals surface area contributed by atoms with Gasteiger partial charge in [-0.05, 0) is 55.4 Å². The van der Waals surface area contributed by atoms with Crippen LogP contribution < -0.4 is 14.8 Å². The van der Waals surface area contributed by atoms with Crippen LogP contribution in [0.4, 0.5) is 0 Å². The number of amides is 1. The van der Waals surface area contributed by atoms with E-state index in [4.69, 9.17) is 14.2 Å². The summed E-state index contributed by atoms with van der Waals surface area (Å²) in [6, 6.07) is 6.05. The summed E-state index contributed by atoms with van der Waals surface area (Å²) in [5, 5.41) is 3.11. The number of ether oxygens (including phenoxy) is 3. The SMILES string of the molecule is COc1cc(/C=C/C(=O)N[C@H]2CC[C@H](C)CC2)ccc1OCCN1CCOCC1.Cl. The number of nitrogens with one attached hydrogen (secondary N) is 1. The van der Waals surface area contributed by atoms with Gasteiger partial charge in [-0.1, -0.05) is 13.0 Å². The highest BCUT2D eigenvalue weighted by Crippen LogP contribution is 2.28. The fourth-order valence-electron chi connectivity index (χ4n) is 3.84. The average molecular weight is 439 g/mol. The molecule has 3 rings (SSSR count). The lowest BCUT2D eigenvalue weighted by Crippen LogP contribution is -2.38. The van der Waals surface area contributed by atoms with E-state index < -0.39 is 0 Å². The lowest BCUT2D eigenvalue weighted by molar-refractivity contribution is -0.117. The number of morpholine rings is 1. The third-order valence-corrected chi connectivity index (χ3v) is 5.75. The van der Waals surface area contributed by atoms with E-state index in [9.17, 15) is 4.79 Å².